The predicted octanol–water partition coefficient (Wildman–Crippen LogP) is 1.74. The summed E-state index contributed by atoms with van der Waals surface area (Å²) in [5, 5.41) is 6.98. The first-order valence-corrected chi connectivity index (χ1v) is 7.61. The summed E-state index contributed by atoms with van der Waals surface area (Å²) in [5.41, 5.74) is 2.01. The van der Waals surface area contributed by atoms with Crippen LogP contribution in [0.4, 0.5) is 0 Å². The normalized spacial score (nSPS) is 12.5. The number of para-hydroxylation sites is 2. The van der Waals surface area contributed by atoms with Gasteiger partial charge in [-0.3, -0.25) is 9.48 Å². The number of rotatable bonds is 5. The number of nitrogens with one attached hydrogen (secondary N) is 1. The Hall–Kier alpha value is -2.70. The van der Waals surface area contributed by atoms with E-state index in [4.69, 9.17) is 0 Å². The van der Waals surface area contributed by atoms with E-state index in [1.54, 1.807) is 4.68 Å². The third-order valence-corrected chi connectivity index (χ3v) is 3.92. The first-order valence-electron chi connectivity index (χ1n) is 7.61. The van der Waals surface area contributed by atoms with Crippen molar-refractivity contribution in [2.24, 2.45) is 7.05 Å². The average molecular weight is 312 g/mol. The molecule has 1 atom stereocenters. The van der Waals surface area contributed by atoms with Gasteiger partial charge in [-0.1, -0.05) is 12.1 Å². The van der Waals surface area contributed by atoms with Crippen molar-refractivity contribution in [2.45, 2.75) is 32.9 Å². The lowest BCUT2D eigenvalue weighted by Crippen LogP contribution is -2.29. The fraction of sp³-hybridized carbons (Fsp3) is 0.375. The number of benzene rings is 1. The van der Waals surface area contributed by atoms with Crippen molar-refractivity contribution >= 4 is 16.9 Å². The third-order valence-electron chi connectivity index (χ3n) is 3.92. The molecule has 0 radical (unpaired) electrons. The van der Waals surface area contributed by atoms with E-state index < -0.39 is 0 Å². The fourth-order valence-electron chi connectivity index (χ4n) is 2.77. The van der Waals surface area contributed by atoms with Crippen LogP contribution in [0.3, 0.4) is 0 Å². The third kappa shape index (κ3) is 3.08. The van der Waals surface area contributed by atoms with Gasteiger partial charge in [-0.15, -0.1) is 0 Å². The van der Waals surface area contributed by atoms with Crippen molar-refractivity contribution in [1.82, 2.24) is 29.6 Å². The van der Waals surface area contributed by atoms with Crippen molar-refractivity contribution in [3.63, 3.8) is 0 Å². The molecule has 23 heavy (non-hydrogen) atoms. The van der Waals surface area contributed by atoms with Gasteiger partial charge in [0.1, 0.15) is 18.0 Å². The van der Waals surface area contributed by atoms with E-state index in [9.17, 15) is 4.79 Å². The first-order chi connectivity index (χ1) is 11.1. The lowest BCUT2D eigenvalue weighted by atomic mass is 10.2. The second kappa shape index (κ2) is 6.20. The Morgan fingerprint density at radius 1 is 1.35 bits per heavy atom. The van der Waals surface area contributed by atoms with Gasteiger partial charge in [0.2, 0.25) is 5.91 Å². The van der Waals surface area contributed by atoms with Gasteiger partial charge in [0.15, 0.2) is 0 Å². The van der Waals surface area contributed by atoms with Crippen molar-refractivity contribution < 1.29 is 4.79 Å². The number of fused-ring (bicyclic) bond motifs is 1. The van der Waals surface area contributed by atoms with Crippen LogP contribution in [0.2, 0.25) is 0 Å². The summed E-state index contributed by atoms with van der Waals surface area (Å²) in [5.74, 6) is 1.64. The minimum atomic E-state index is -0.171. The molecule has 0 spiro atoms. The maximum Gasteiger partial charge on any atom is 0.222 e. The molecule has 0 aliphatic rings. The van der Waals surface area contributed by atoms with Crippen molar-refractivity contribution in [2.75, 3.05) is 0 Å². The van der Waals surface area contributed by atoms with Crippen LogP contribution in [0.25, 0.3) is 11.0 Å². The molecule has 2 aromatic heterocycles. The Balaban J connectivity index is 1.64. The second-order valence-corrected chi connectivity index (χ2v) is 5.58. The summed E-state index contributed by atoms with van der Waals surface area (Å²) in [7, 11) is 1.81. The maximum atomic E-state index is 12.2. The molecule has 0 aliphatic carbocycles. The number of carbonyl (C=O) groups excluding carboxylic acids is 1. The molecule has 3 aromatic rings. The summed E-state index contributed by atoms with van der Waals surface area (Å²) in [4.78, 5) is 20.9. The highest BCUT2D eigenvalue weighted by molar-refractivity contribution is 5.78. The number of imidazole rings is 1. The number of carbonyl (C=O) groups is 1. The molecule has 0 saturated heterocycles. The smallest absolute Gasteiger partial charge is 0.222 e. The van der Waals surface area contributed by atoms with Gasteiger partial charge >= 0.3 is 0 Å². The molecule has 0 bridgehead atoms. The van der Waals surface area contributed by atoms with Crippen LogP contribution in [0, 0.1) is 6.92 Å². The molecule has 120 valence electrons. The number of hydrogen-bond donors (Lipinski definition) is 1. The van der Waals surface area contributed by atoms with Gasteiger partial charge in [0.25, 0.3) is 0 Å². The molecule has 2 heterocycles. The average Bonchev–Trinajstić information content (AvgIpc) is 3.08. The quantitative estimate of drug-likeness (QED) is 0.778. The van der Waals surface area contributed by atoms with Crippen molar-refractivity contribution in [3.05, 3.63) is 42.2 Å². The molecule has 7 nitrogen and oxygen atoms in total. The molecule has 0 fully saturated rings. The standard InChI is InChI=1S/C16H20N6O/c1-11(16-17-10-18-21(16)3)19-15(23)8-9-22-12(2)20-13-6-4-5-7-14(13)22/h4-7,10-11H,8-9H2,1-3H3,(H,19,23)/t11-/m0/s1. The number of aryl methyl sites for hydroxylation is 3. The number of nitrogens with zero attached hydrogens (tertiary/aromatic N) is 5. The molecule has 0 aliphatic heterocycles. The summed E-state index contributed by atoms with van der Waals surface area (Å²) < 4.78 is 3.74. The van der Waals surface area contributed by atoms with Crippen LogP contribution < -0.4 is 5.32 Å². The number of hydrogen-bond acceptors (Lipinski definition) is 4. The topological polar surface area (TPSA) is 77.6 Å². The Bertz CT molecular complexity index is 834. The summed E-state index contributed by atoms with van der Waals surface area (Å²) in [6.45, 7) is 4.46. The zero-order chi connectivity index (χ0) is 16.4. The molecule has 1 N–H and O–H groups in total. The maximum absolute atomic E-state index is 12.2. The highest BCUT2D eigenvalue weighted by Crippen LogP contribution is 2.16. The Kier molecular flexibility index (Phi) is 4.10. The van der Waals surface area contributed by atoms with E-state index >= 15 is 0 Å². The second-order valence-electron chi connectivity index (χ2n) is 5.58. The van der Waals surface area contributed by atoms with Crippen molar-refractivity contribution in [3.8, 4) is 0 Å². The Morgan fingerprint density at radius 3 is 2.87 bits per heavy atom. The van der Waals surface area contributed by atoms with E-state index in [1.807, 2.05) is 45.2 Å². The van der Waals surface area contributed by atoms with Crippen LogP contribution in [-0.4, -0.2) is 30.2 Å². The first kappa shape index (κ1) is 15.2. The fourth-order valence-corrected chi connectivity index (χ4v) is 2.77. The highest BCUT2D eigenvalue weighted by Gasteiger charge is 2.15. The molecule has 1 amide bonds. The summed E-state index contributed by atoms with van der Waals surface area (Å²) >= 11 is 0. The van der Waals surface area contributed by atoms with Crippen LogP contribution in [-0.2, 0) is 18.4 Å². The molecular formula is C16H20N6O. The van der Waals surface area contributed by atoms with Crippen molar-refractivity contribution in [1.29, 1.82) is 0 Å². The van der Waals surface area contributed by atoms with E-state index in [1.165, 1.54) is 6.33 Å². The van der Waals surface area contributed by atoms with Gasteiger partial charge in [0, 0.05) is 20.0 Å². The van der Waals surface area contributed by atoms with Crippen LogP contribution in [0.15, 0.2) is 30.6 Å². The predicted molar refractivity (Wildman–Crippen MR) is 86.6 cm³/mol. The summed E-state index contributed by atoms with van der Waals surface area (Å²) in [6, 6.07) is 7.78. The van der Waals surface area contributed by atoms with Crippen LogP contribution >= 0.6 is 0 Å². The molecule has 0 unspecified atom stereocenters. The zero-order valence-electron chi connectivity index (χ0n) is 13.5. The van der Waals surface area contributed by atoms with Gasteiger partial charge < -0.3 is 9.88 Å². The largest absolute Gasteiger partial charge is 0.346 e. The van der Waals surface area contributed by atoms with Crippen LogP contribution in [0.5, 0.6) is 0 Å². The van der Waals surface area contributed by atoms with E-state index in [0.29, 0.717) is 13.0 Å². The number of aromatic nitrogens is 5. The van der Waals surface area contributed by atoms with E-state index in [0.717, 1.165) is 22.7 Å². The lowest BCUT2D eigenvalue weighted by molar-refractivity contribution is -0.122. The van der Waals surface area contributed by atoms with Gasteiger partial charge in [0.05, 0.1) is 17.1 Å². The molecule has 0 saturated carbocycles. The van der Waals surface area contributed by atoms with Gasteiger partial charge in [-0.2, -0.15) is 5.10 Å². The molecule has 7 heteroatoms. The van der Waals surface area contributed by atoms with Crippen LogP contribution in [0.1, 0.15) is 31.0 Å². The molecule has 1 aromatic carbocycles. The summed E-state index contributed by atoms with van der Waals surface area (Å²) in [6.07, 6.45) is 1.88. The van der Waals surface area contributed by atoms with E-state index in [-0.39, 0.29) is 11.9 Å². The highest BCUT2D eigenvalue weighted by atomic mass is 16.1. The van der Waals surface area contributed by atoms with Gasteiger partial charge in [-0.25, -0.2) is 9.97 Å². The number of amides is 1. The SMILES string of the molecule is Cc1nc2ccccc2n1CCC(=O)N[C@@H](C)c1ncnn1C. The lowest BCUT2D eigenvalue weighted by Gasteiger charge is -2.13. The minimum absolute atomic E-state index is 0.0160. The van der Waals surface area contributed by atoms with E-state index in [2.05, 4.69) is 25.0 Å². The monoisotopic (exact) mass is 312 g/mol. The Labute approximate surface area is 134 Å². The van der Waals surface area contributed by atoms with Gasteiger partial charge in [-0.05, 0) is 26.0 Å². The molecular weight excluding hydrogens is 292 g/mol. The minimum Gasteiger partial charge on any atom is -0.346 e. The Morgan fingerprint density at radius 2 is 2.13 bits per heavy atom. The molecule has 3 rings (SSSR count). The zero-order valence-corrected chi connectivity index (χ0v) is 13.5.